The molecule has 0 aromatic heterocycles. The van der Waals surface area contributed by atoms with Crippen LogP contribution in [0.25, 0.3) is 4.85 Å². The van der Waals surface area contributed by atoms with Crippen LogP contribution in [0.4, 0.5) is 0 Å². The lowest BCUT2D eigenvalue weighted by molar-refractivity contribution is -0.0692. The summed E-state index contributed by atoms with van der Waals surface area (Å²) in [6.45, 7) is 16.3. The minimum Gasteiger partial charge on any atom is -0.393 e. The molecule has 1 saturated heterocycles. The van der Waals surface area contributed by atoms with Crippen molar-refractivity contribution in [3.63, 3.8) is 0 Å². The first-order valence-corrected chi connectivity index (χ1v) is 8.71. The van der Waals surface area contributed by atoms with E-state index in [4.69, 9.17) is 16.0 Å². The lowest BCUT2D eigenvalue weighted by Crippen LogP contribution is -2.45. The normalized spacial score (nSPS) is 29.2. The van der Waals surface area contributed by atoms with Crippen LogP contribution in [0.3, 0.4) is 0 Å². The molecule has 0 spiro atoms. The first kappa shape index (κ1) is 19.2. The molecule has 0 aliphatic carbocycles. The first-order chi connectivity index (χ1) is 12.0. The van der Waals surface area contributed by atoms with Gasteiger partial charge in [-0.25, -0.2) is 4.85 Å². The quantitative estimate of drug-likeness (QED) is 0.548. The molecule has 1 aliphatic heterocycles. The maximum absolute atomic E-state index is 7.62. The van der Waals surface area contributed by atoms with Crippen LogP contribution < -0.4 is 0 Å². The lowest BCUT2D eigenvalue weighted by Gasteiger charge is -2.35. The molecule has 0 bridgehead atoms. The van der Waals surface area contributed by atoms with Crippen LogP contribution in [0.5, 0.6) is 0 Å². The molecule has 2 rings (SSSR count). The standard InChI is InChI=1S/C21H28N2O2/c1-7-19-16(3)21(8-2,24-15-17-12-10-9-11-13-17)20(25-19)18(22-4)14-23(5)6/h8-14,16,19-20H,2,7,15H2,1,3,5-6H3/t16-,19-,20?,21-/m1/s1. The summed E-state index contributed by atoms with van der Waals surface area (Å²) < 4.78 is 12.7. The fourth-order valence-electron chi connectivity index (χ4n) is 3.44. The van der Waals surface area contributed by atoms with E-state index in [0.29, 0.717) is 12.3 Å². The van der Waals surface area contributed by atoms with Crippen LogP contribution in [-0.4, -0.2) is 36.8 Å². The minimum atomic E-state index is -0.719. The summed E-state index contributed by atoms with van der Waals surface area (Å²) in [6, 6.07) is 10.1. The molecule has 1 aliphatic rings. The van der Waals surface area contributed by atoms with E-state index in [-0.39, 0.29) is 12.0 Å². The monoisotopic (exact) mass is 340 g/mol. The molecular weight excluding hydrogens is 312 g/mol. The number of hydrogen-bond donors (Lipinski definition) is 0. The van der Waals surface area contributed by atoms with Crippen molar-refractivity contribution < 1.29 is 9.47 Å². The molecule has 1 fully saturated rings. The Morgan fingerprint density at radius 3 is 2.60 bits per heavy atom. The van der Waals surface area contributed by atoms with Crippen molar-refractivity contribution in [3.05, 3.63) is 71.9 Å². The van der Waals surface area contributed by atoms with Crippen molar-refractivity contribution in [2.75, 3.05) is 14.1 Å². The van der Waals surface area contributed by atoms with Gasteiger partial charge in [0.25, 0.3) is 0 Å². The number of nitrogens with zero attached hydrogens (tertiary/aromatic N) is 2. The number of benzene rings is 1. The van der Waals surface area contributed by atoms with Crippen molar-refractivity contribution in [3.8, 4) is 0 Å². The maximum Gasteiger partial charge on any atom is 0.212 e. The predicted octanol–water partition coefficient (Wildman–Crippen LogP) is 4.26. The van der Waals surface area contributed by atoms with Crippen molar-refractivity contribution in [2.24, 2.45) is 5.92 Å². The number of rotatable bonds is 7. The second-order valence-electron chi connectivity index (χ2n) is 6.71. The van der Waals surface area contributed by atoms with Gasteiger partial charge in [0.05, 0.1) is 19.3 Å². The third kappa shape index (κ3) is 3.95. The van der Waals surface area contributed by atoms with Gasteiger partial charge < -0.3 is 14.4 Å². The highest BCUT2D eigenvalue weighted by Gasteiger charge is 2.54. The molecule has 25 heavy (non-hydrogen) atoms. The number of hydrogen-bond acceptors (Lipinski definition) is 3. The summed E-state index contributed by atoms with van der Waals surface area (Å²) in [5.41, 5.74) is 0.916. The summed E-state index contributed by atoms with van der Waals surface area (Å²) in [6.07, 6.45) is 4.09. The average Bonchev–Trinajstić information content (AvgIpc) is 2.91. The van der Waals surface area contributed by atoms with Crippen LogP contribution in [-0.2, 0) is 16.1 Å². The van der Waals surface area contributed by atoms with E-state index in [9.17, 15) is 0 Å². The van der Waals surface area contributed by atoms with E-state index in [1.54, 1.807) is 0 Å². The topological polar surface area (TPSA) is 26.1 Å². The Labute approximate surface area is 151 Å². The highest BCUT2D eigenvalue weighted by Crippen LogP contribution is 2.45. The first-order valence-electron chi connectivity index (χ1n) is 8.71. The molecule has 0 radical (unpaired) electrons. The van der Waals surface area contributed by atoms with Crippen molar-refractivity contribution in [1.82, 2.24) is 4.90 Å². The Hall–Kier alpha value is -2.09. The van der Waals surface area contributed by atoms with Gasteiger partial charge in [0, 0.05) is 26.2 Å². The van der Waals surface area contributed by atoms with Gasteiger partial charge in [-0.3, -0.25) is 0 Å². The molecule has 0 amide bonds. The van der Waals surface area contributed by atoms with Crippen LogP contribution >= 0.6 is 0 Å². The second kappa shape index (κ2) is 8.33. The van der Waals surface area contributed by atoms with Crippen molar-refractivity contribution in [2.45, 2.75) is 44.7 Å². The van der Waals surface area contributed by atoms with Gasteiger partial charge in [-0.15, -0.1) is 6.58 Å². The molecule has 1 aromatic carbocycles. The zero-order chi connectivity index (χ0) is 18.4. The van der Waals surface area contributed by atoms with E-state index in [2.05, 4.69) is 25.3 Å². The molecule has 1 heterocycles. The van der Waals surface area contributed by atoms with Gasteiger partial charge in [-0.05, 0) is 12.0 Å². The van der Waals surface area contributed by atoms with Crippen LogP contribution in [0.15, 0.2) is 54.9 Å². The SMILES string of the molecule is [C-]#[N+]C(=CN(C)C)C1O[C@H](CC)[C@@H](C)[C@@]1(C=C)OCc1ccccc1. The Bertz CT molecular complexity index is 648. The van der Waals surface area contributed by atoms with Crippen molar-refractivity contribution in [1.29, 1.82) is 0 Å². The van der Waals surface area contributed by atoms with Crippen LogP contribution in [0.2, 0.25) is 0 Å². The predicted molar refractivity (Wildman–Crippen MR) is 101 cm³/mol. The van der Waals surface area contributed by atoms with Gasteiger partial charge in [0.2, 0.25) is 5.70 Å². The third-order valence-electron chi connectivity index (χ3n) is 4.83. The third-order valence-corrected chi connectivity index (χ3v) is 4.83. The van der Waals surface area contributed by atoms with Crippen LogP contribution in [0.1, 0.15) is 25.8 Å². The average molecular weight is 340 g/mol. The van der Waals surface area contributed by atoms with E-state index >= 15 is 0 Å². The lowest BCUT2D eigenvalue weighted by atomic mass is 9.81. The Balaban J connectivity index is 2.37. The van der Waals surface area contributed by atoms with E-state index < -0.39 is 11.7 Å². The molecule has 0 N–H and O–H groups in total. The zero-order valence-corrected chi connectivity index (χ0v) is 15.6. The summed E-state index contributed by atoms with van der Waals surface area (Å²) in [7, 11) is 3.81. The maximum atomic E-state index is 7.62. The van der Waals surface area contributed by atoms with E-state index in [1.165, 1.54) is 0 Å². The van der Waals surface area contributed by atoms with Gasteiger partial charge in [-0.1, -0.05) is 50.3 Å². The highest BCUT2D eigenvalue weighted by atomic mass is 16.6. The Kier molecular flexibility index (Phi) is 6.41. The molecular formula is C21H28N2O2. The second-order valence-corrected chi connectivity index (χ2v) is 6.71. The minimum absolute atomic E-state index is 0.0334. The molecule has 134 valence electrons. The van der Waals surface area contributed by atoms with Gasteiger partial charge in [-0.2, -0.15) is 0 Å². The van der Waals surface area contributed by atoms with Crippen molar-refractivity contribution >= 4 is 0 Å². The largest absolute Gasteiger partial charge is 0.393 e. The van der Waals surface area contributed by atoms with Gasteiger partial charge >= 0.3 is 0 Å². The van der Waals surface area contributed by atoms with Gasteiger partial charge in [0.1, 0.15) is 11.7 Å². The molecule has 1 unspecified atom stereocenters. The van der Waals surface area contributed by atoms with Crippen LogP contribution in [0, 0.1) is 12.5 Å². The molecule has 1 aromatic rings. The molecule has 4 atom stereocenters. The zero-order valence-electron chi connectivity index (χ0n) is 15.6. The molecule has 0 saturated carbocycles. The summed E-state index contributed by atoms with van der Waals surface area (Å²) in [4.78, 5) is 5.60. The Morgan fingerprint density at radius 2 is 2.08 bits per heavy atom. The van der Waals surface area contributed by atoms with Gasteiger partial charge in [0.15, 0.2) is 0 Å². The summed E-state index contributed by atoms with van der Waals surface area (Å²) in [5.74, 6) is 0.107. The van der Waals surface area contributed by atoms with E-state index in [0.717, 1.165) is 12.0 Å². The fraction of sp³-hybridized carbons (Fsp3) is 0.476. The Morgan fingerprint density at radius 1 is 1.40 bits per heavy atom. The number of ether oxygens (including phenoxy) is 2. The summed E-state index contributed by atoms with van der Waals surface area (Å²) >= 11 is 0. The highest BCUT2D eigenvalue weighted by molar-refractivity contribution is 5.29. The smallest absolute Gasteiger partial charge is 0.212 e. The van der Waals surface area contributed by atoms with E-state index in [1.807, 2.05) is 61.6 Å². The fourth-order valence-corrected chi connectivity index (χ4v) is 3.44. The summed E-state index contributed by atoms with van der Waals surface area (Å²) in [5, 5.41) is 0. The molecule has 4 heteroatoms. The molecule has 4 nitrogen and oxygen atoms in total.